The molecule has 0 bridgehead atoms. The monoisotopic (exact) mass is 293 g/mol. The van der Waals surface area contributed by atoms with Crippen molar-refractivity contribution in [3.8, 4) is 0 Å². The molecule has 2 rings (SSSR count). The molecule has 0 aliphatic carbocycles. The summed E-state index contributed by atoms with van der Waals surface area (Å²) < 4.78 is 0. The summed E-state index contributed by atoms with van der Waals surface area (Å²) in [7, 11) is 0. The minimum atomic E-state index is -0.115. The molecule has 2 heterocycles. The van der Waals surface area contributed by atoms with E-state index in [1.807, 2.05) is 13.8 Å². The van der Waals surface area contributed by atoms with E-state index in [-0.39, 0.29) is 23.6 Å². The van der Waals surface area contributed by atoms with Crippen molar-refractivity contribution in [1.29, 1.82) is 0 Å². The Hall–Kier alpha value is -1.92. The number of aromatic amines is 1. The zero-order valence-corrected chi connectivity index (χ0v) is 12.8. The van der Waals surface area contributed by atoms with Gasteiger partial charge in [0.05, 0.1) is 0 Å². The molecule has 7 nitrogen and oxygen atoms in total. The molecular weight excluding hydrogens is 270 g/mol. The molecule has 0 aromatic carbocycles. The predicted octanol–water partition coefficient (Wildman–Crippen LogP) is 0.916. The topological polar surface area (TPSA) is 91.0 Å². The number of likely N-dealkylation sites (tertiary alicyclic amines) is 1. The minimum absolute atomic E-state index is 0.00422. The summed E-state index contributed by atoms with van der Waals surface area (Å²) in [6.45, 7) is 7.59. The number of rotatable bonds is 4. The van der Waals surface area contributed by atoms with Gasteiger partial charge in [-0.1, -0.05) is 13.8 Å². The zero-order chi connectivity index (χ0) is 15.4. The van der Waals surface area contributed by atoms with Crippen LogP contribution in [0.4, 0.5) is 0 Å². The van der Waals surface area contributed by atoms with Crippen LogP contribution in [-0.2, 0) is 4.79 Å². The number of aromatic nitrogens is 3. The lowest BCUT2D eigenvalue weighted by molar-refractivity contribution is -0.119. The number of amides is 2. The smallest absolute Gasteiger partial charge is 0.293 e. The maximum atomic E-state index is 12.3. The first kappa shape index (κ1) is 15.5. The van der Waals surface area contributed by atoms with E-state index in [4.69, 9.17) is 0 Å². The van der Waals surface area contributed by atoms with Gasteiger partial charge in [-0.05, 0) is 18.8 Å². The highest BCUT2D eigenvalue weighted by Crippen LogP contribution is 2.18. The van der Waals surface area contributed by atoms with Gasteiger partial charge in [-0.3, -0.25) is 14.7 Å². The van der Waals surface area contributed by atoms with Crippen molar-refractivity contribution in [1.82, 2.24) is 25.4 Å². The Balaban J connectivity index is 1.86. The molecule has 0 atom stereocenters. The lowest BCUT2D eigenvalue weighted by Gasteiger charge is -2.31. The van der Waals surface area contributed by atoms with Crippen molar-refractivity contribution in [2.75, 3.05) is 19.6 Å². The Labute approximate surface area is 124 Å². The molecule has 1 aliphatic rings. The molecule has 0 radical (unpaired) electrons. The fraction of sp³-hybridized carbons (Fsp3) is 0.714. The van der Waals surface area contributed by atoms with Crippen LogP contribution in [0.1, 0.15) is 56.0 Å². The molecule has 2 N–H and O–H groups in total. The standard InChI is InChI=1S/C14H23N5O2/c1-9(2)12-16-13(18-17-12)14(21)19-6-4-11(5-7-19)8-15-10(3)20/h9,11H,4-8H2,1-3H3,(H,15,20)(H,16,17,18). The van der Waals surface area contributed by atoms with Crippen molar-refractivity contribution >= 4 is 11.8 Å². The fourth-order valence-electron chi connectivity index (χ4n) is 2.40. The number of carbonyl (C=O) groups excluding carboxylic acids is 2. The van der Waals surface area contributed by atoms with E-state index in [2.05, 4.69) is 20.5 Å². The van der Waals surface area contributed by atoms with Gasteiger partial charge in [0.1, 0.15) is 5.82 Å². The molecule has 0 saturated carbocycles. The van der Waals surface area contributed by atoms with Crippen molar-refractivity contribution in [2.24, 2.45) is 5.92 Å². The SMILES string of the molecule is CC(=O)NCC1CCN(C(=O)c2n[nH]c(C(C)C)n2)CC1. The number of nitrogens with zero attached hydrogens (tertiary/aromatic N) is 3. The maximum Gasteiger partial charge on any atom is 0.293 e. The molecule has 7 heteroatoms. The molecule has 0 spiro atoms. The Morgan fingerprint density at radius 1 is 1.38 bits per heavy atom. The van der Waals surface area contributed by atoms with Gasteiger partial charge in [0.15, 0.2) is 0 Å². The van der Waals surface area contributed by atoms with Crippen molar-refractivity contribution < 1.29 is 9.59 Å². The molecule has 1 aliphatic heterocycles. The first-order valence-corrected chi connectivity index (χ1v) is 7.43. The quantitative estimate of drug-likeness (QED) is 0.863. The summed E-state index contributed by atoms with van der Waals surface area (Å²) in [5.41, 5.74) is 0. The van der Waals surface area contributed by atoms with Crippen LogP contribution < -0.4 is 5.32 Å². The van der Waals surface area contributed by atoms with E-state index in [1.165, 1.54) is 6.92 Å². The Morgan fingerprint density at radius 3 is 2.57 bits per heavy atom. The normalized spacial score (nSPS) is 16.3. The van der Waals surface area contributed by atoms with E-state index in [9.17, 15) is 9.59 Å². The first-order chi connectivity index (χ1) is 9.97. The van der Waals surface area contributed by atoms with Gasteiger partial charge in [-0.15, -0.1) is 5.10 Å². The van der Waals surface area contributed by atoms with E-state index in [0.717, 1.165) is 18.7 Å². The number of nitrogens with one attached hydrogen (secondary N) is 2. The highest BCUT2D eigenvalue weighted by Gasteiger charge is 2.26. The van der Waals surface area contributed by atoms with Crippen LogP contribution in [0.2, 0.25) is 0 Å². The second-order valence-corrected chi connectivity index (χ2v) is 5.87. The van der Waals surface area contributed by atoms with Crippen LogP contribution in [0.5, 0.6) is 0 Å². The third-order valence-electron chi connectivity index (χ3n) is 3.78. The van der Waals surface area contributed by atoms with Crippen molar-refractivity contribution in [3.05, 3.63) is 11.6 Å². The average Bonchev–Trinajstić information content (AvgIpc) is 2.95. The second kappa shape index (κ2) is 6.69. The van der Waals surface area contributed by atoms with Crippen LogP contribution in [0, 0.1) is 5.92 Å². The van der Waals surface area contributed by atoms with Gasteiger partial charge >= 0.3 is 0 Å². The Morgan fingerprint density at radius 2 is 2.05 bits per heavy atom. The van der Waals surface area contributed by atoms with Crippen LogP contribution in [0.3, 0.4) is 0 Å². The number of hydrogen-bond acceptors (Lipinski definition) is 4. The van der Waals surface area contributed by atoms with Gasteiger partial charge in [-0.2, -0.15) is 0 Å². The third kappa shape index (κ3) is 4.03. The van der Waals surface area contributed by atoms with Gasteiger partial charge in [0.2, 0.25) is 11.7 Å². The first-order valence-electron chi connectivity index (χ1n) is 7.43. The fourth-order valence-corrected chi connectivity index (χ4v) is 2.40. The number of hydrogen-bond donors (Lipinski definition) is 2. The van der Waals surface area contributed by atoms with E-state index in [1.54, 1.807) is 4.90 Å². The summed E-state index contributed by atoms with van der Waals surface area (Å²) in [6.07, 6.45) is 1.79. The van der Waals surface area contributed by atoms with Crippen LogP contribution >= 0.6 is 0 Å². The number of H-pyrrole nitrogens is 1. The summed E-state index contributed by atoms with van der Waals surface area (Å²) in [6, 6.07) is 0. The Kier molecular flexibility index (Phi) is 4.93. The molecule has 1 saturated heterocycles. The highest BCUT2D eigenvalue weighted by atomic mass is 16.2. The van der Waals surface area contributed by atoms with Gasteiger partial charge in [-0.25, -0.2) is 4.98 Å². The van der Waals surface area contributed by atoms with Crippen molar-refractivity contribution in [3.63, 3.8) is 0 Å². The summed E-state index contributed by atoms with van der Waals surface area (Å²) in [5.74, 6) is 1.53. The van der Waals surface area contributed by atoms with Gasteiger partial charge < -0.3 is 10.2 Å². The lowest BCUT2D eigenvalue weighted by Crippen LogP contribution is -2.41. The molecule has 1 fully saturated rings. The van der Waals surface area contributed by atoms with Gasteiger partial charge in [0.25, 0.3) is 5.91 Å². The third-order valence-corrected chi connectivity index (χ3v) is 3.78. The second-order valence-electron chi connectivity index (χ2n) is 5.87. The molecule has 1 aromatic rings. The summed E-state index contributed by atoms with van der Waals surface area (Å²) in [4.78, 5) is 29.3. The molecular formula is C14H23N5O2. The molecule has 0 unspecified atom stereocenters. The van der Waals surface area contributed by atoms with E-state index in [0.29, 0.717) is 25.6 Å². The van der Waals surface area contributed by atoms with E-state index >= 15 is 0 Å². The largest absolute Gasteiger partial charge is 0.356 e. The zero-order valence-electron chi connectivity index (χ0n) is 12.8. The minimum Gasteiger partial charge on any atom is -0.356 e. The highest BCUT2D eigenvalue weighted by molar-refractivity contribution is 5.90. The van der Waals surface area contributed by atoms with Crippen LogP contribution in [-0.4, -0.2) is 51.5 Å². The maximum absolute atomic E-state index is 12.3. The van der Waals surface area contributed by atoms with Crippen LogP contribution in [0.25, 0.3) is 0 Å². The van der Waals surface area contributed by atoms with Crippen molar-refractivity contribution in [2.45, 2.75) is 39.5 Å². The molecule has 21 heavy (non-hydrogen) atoms. The average molecular weight is 293 g/mol. The summed E-state index contributed by atoms with van der Waals surface area (Å²) in [5, 5.41) is 9.65. The van der Waals surface area contributed by atoms with E-state index < -0.39 is 0 Å². The molecule has 2 amide bonds. The van der Waals surface area contributed by atoms with Gasteiger partial charge in [0, 0.05) is 32.5 Å². The molecule has 1 aromatic heterocycles. The number of piperidine rings is 1. The number of carbonyl (C=O) groups is 2. The van der Waals surface area contributed by atoms with Crippen LogP contribution in [0.15, 0.2) is 0 Å². The lowest BCUT2D eigenvalue weighted by atomic mass is 9.96. The Bertz CT molecular complexity index is 503. The predicted molar refractivity (Wildman–Crippen MR) is 77.8 cm³/mol. The molecule has 116 valence electrons. The summed E-state index contributed by atoms with van der Waals surface area (Å²) >= 11 is 0.